The van der Waals surface area contributed by atoms with Crippen LogP contribution in [0, 0.1) is 5.92 Å². The summed E-state index contributed by atoms with van der Waals surface area (Å²) in [7, 11) is 1.30. The Kier molecular flexibility index (Phi) is 7.97. The third-order valence-electron chi connectivity index (χ3n) is 5.87. The van der Waals surface area contributed by atoms with Crippen LogP contribution in [0.25, 0.3) is 10.8 Å². The Morgan fingerprint density at radius 3 is 2.53 bits per heavy atom. The predicted octanol–water partition coefficient (Wildman–Crippen LogP) is 4.24. The van der Waals surface area contributed by atoms with Gasteiger partial charge in [-0.15, -0.1) is 6.58 Å². The van der Waals surface area contributed by atoms with E-state index in [1.807, 2.05) is 42.5 Å². The first-order chi connectivity index (χ1) is 16.1. The van der Waals surface area contributed by atoms with Crippen LogP contribution in [0.1, 0.15) is 39.2 Å². The van der Waals surface area contributed by atoms with Gasteiger partial charge in [-0.3, -0.25) is 9.69 Å². The molecule has 7 nitrogen and oxygen atoms in total. The second kappa shape index (κ2) is 10.7. The molecule has 182 valence electrons. The Hall–Kier alpha value is -3.35. The van der Waals surface area contributed by atoms with Gasteiger partial charge in [-0.2, -0.15) is 0 Å². The number of amides is 2. The third kappa shape index (κ3) is 6.37. The van der Waals surface area contributed by atoms with Crippen LogP contribution in [0.2, 0.25) is 0 Å². The second-order valence-corrected chi connectivity index (χ2v) is 9.74. The molecule has 0 aromatic heterocycles. The van der Waals surface area contributed by atoms with Gasteiger partial charge in [-0.25, -0.2) is 9.59 Å². The van der Waals surface area contributed by atoms with Crippen LogP contribution in [0.3, 0.4) is 0 Å². The number of fused-ring (bicyclic) bond motifs is 1. The van der Waals surface area contributed by atoms with E-state index in [-0.39, 0.29) is 12.3 Å². The van der Waals surface area contributed by atoms with E-state index in [1.54, 1.807) is 26.8 Å². The number of hydrogen-bond acceptors (Lipinski definition) is 5. The molecule has 1 N–H and O–H groups in total. The molecule has 2 aromatic rings. The van der Waals surface area contributed by atoms with Gasteiger partial charge in [0.05, 0.1) is 7.11 Å². The van der Waals surface area contributed by atoms with Crippen molar-refractivity contribution in [2.45, 2.75) is 57.7 Å². The summed E-state index contributed by atoms with van der Waals surface area (Å²) in [4.78, 5) is 40.1. The lowest BCUT2D eigenvalue weighted by molar-refractivity contribution is -0.145. The molecule has 1 aliphatic heterocycles. The number of carbonyl (C=O) groups excluding carboxylic acids is 3. The van der Waals surface area contributed by atoms with Crippen molar-refractivity contribution >= 4 is 28.7 Å². The van der Waals surface area contributed by atoms with Gasteiger partial charge >= 0.3 is 12.1 Å². The highest BCUT2D eigenvalue weighted by molar-refractivity contribution is 5.90. The Morgan fingerprint density at radius 2 is 1.88 bits per heavy atom. The van der Waals surface area contributed by atoms with Gasteiger partial charge in [-0.05, 0) is 55.9 Å². The van der Waals surface area contributed by atoms with Crippen molar-refractivity contribution in [1.82, 2.24) is 10.2 Å². The smallest absolute Gasteiger partial charge is 0.410 e. The molecule has 7 heteroatoms. The molecule has 1 aliphatic rings. The van der Waals surface area contributed by atoms with Crippen LogP contribution >= 0.6 is 0 Å². The number of rotatable bonds is 7. The largest absolute Gasteiger partial charge is 0.467 e. The topological polar surface area (TPSA) is 84.9 Å². The van der Waals surface area contributed by atoms with Crippen LogP contribution in [0.15, 0.2) is 55.1 Å². The van der Waals surface area contributed by atoms with Crippen molar-refractivity contribution in [2.75, 3.05) is 13.7 Å². The zero-order valence-electron chi connectivity index (χ0n) is 20.4. The fourth-order valence-electron chi connectivity index (χ4n) is 4.31. The molecular formula is C27H34N2O5. The summed E-state index contributed by atoms with van der Waals surface area (Å²) in [6.07, 6.45) is 2.68. The van der Waals surface area contributed by atoms with Crippen molar-refractivity contribution in [3.8, 4) is 0 Å². The van der Waals surface area contributed by atoms with E-state index in [0.717, 1.165) is 16.3 Å². The monoisotopic (exact) mass is 466 g/mol. The standard InChI is InChI=1S/C27H34N2O5/c1-6-9-19-16-23(29(17-19)26(32)34-27(2,3)4)24(30)28-22(25(31)33-5)15-18-12-13-20-10-7-8-11-21(20)14-18/h6-8,10-14,19,22-23H,1,9,15-17H2,2-5H3,(H,28,30). The highest BCUT2D eigenvalue weighted by Gasteiger charge is 2.42. The molecule has 0 spiro atoms. The molecule has 0 saturated carbocycles. The SMILES string of the molecule is C=CCC1CC(C(=O)NC(Cc2ccc3ccccc3c2)C(=O)OC)N(C(=O)OC(C)(C)C)C1. The van der Waals surface area contributed by atoms with E-state index in [2.05, 4.69) is 11.9 Å². The first kappa shape index (κ1) is 25.3. The molecule has 1 heterocycles. The van der Waals surface area contributed by atoms with Crippen molar-refractivity contribution in [3.05, 3.63) is 60.7 Å². The molecule has 2 aromatic carbocycles. The van der Waals surface area contributed by atoms with Gasteiger partial charge in [0.1, 0.15) is 17.7 Å². The van der Waals surface area contributed by atoms with Gasteiger partial charge in [0, 0.05) is 13.0 Å². The van der Waals surface area contributed by atoms with Crippen molar-refractivity contribution in [2.24, 2.45) is 5.92 Å². The van der Waals surface area contributed by atoms with E-state index in [9.17, 15) is 14.4 Å². The predicted molar refractivity (Wildman–Crippen MR) is 131 cm³/mol. The maximum Gasteiger partial charge on any atom is 0.410 e. The Labute approximate surface area is 201 Å². The maximum atomic E-state index is 13.3. The number of benzene rings is 2. The van der Waals surface area contributed by atoms with Gasteiger partial charge in [-0.1, -0.05) is 48.5 Å². The average molecular weight is 467 g/mol. The minimum absolute atomic E-state index is 0.0952. The molecule has 1 fully saturated rings. The Balaban J connectivity index is 1.78. The summed E-state index contributed by atoms with van der Waals surface area (Å²) < 4.78 is 10.5. The van der Waals surface area contributed by atoms with E-state index in [4.69, 9.17) is 9.47 Å². The lowest BCUT2D eigenvalue weighted by Crippen LogP contribution is -2.52. The Morgan fingerprint density at radius 1 is 1.18 bits per heavy atom. The zero-order valence-corrected chi connectivity index (χ0v) is 20.4. The summed E-state index contributed by atoms with van der Waals surface area (Å²) in [5.41, 5.74) is 0.216. The van der Waals surface area contributed by atoms with Crippen LogP contribution < -0.4 is 5.32 Å². The highest BCUT2D eigenvalue weighted by Crippen LogP contribution is 2.28. The number of methoxy groups -OCH3 is 1. The average Bonchev–Trinajstić information content (AvgIpc) is 3.21. The number of carbonyl (C=O) groups is 3. The van der Waals surface area contributed by atoms with Crippen molar-refractivity contribution < 1.29 is 23.9 Å². The molecule has 1 saturated heterocycles. The maximum absolute atomic E-state index is 13.3. The fraction of sp³-hybridized carbons (Fsp3) is 0.444. The summed E-state index contributed by atoms with van der Waals surface area (Å²) >= 11 is 0. The van der Waals surface area contributed by atoms with E-state index < -0.39 is 35.7 Å². The summed E-state index contributed by atoms with van der Waals surface area (Å²) in [6, 6.07) is 12.3. The number of hydrogen-bond donors (Lipinski definition) is 1. The van der Waals surface area contributed by atoms with Crippen molar-refractivity contribution in [1.29, 1.82) is 0 Å². The molecular weight excluding hydrogens is 432 g/mol. The van der Waals surface area contributed by atoms with Gasteiger partial charge < -0.3 is 14.8 Å². The fourth-order valence-corrected chi connectivity index (χ4v) is 4.31. The number of likely N-dealkylation sites (tertiary alicyclic amines) is 1. The first-order valence-electron chi connectivity index (χ1n) is 11.6. The van der Waals surface area contributed by atoms with Crippen LogP contribution in [0.5, 0.6) is 0 Å². The molecule has 3 unspecified atom stereocenters. The molecule has 0 aliphatic carbocycles. The molecule has 3 atom stereocenters. The number of ether oxygens (including phenoxy) is 2. The third-order valence-corrected chi connectivity index (χ3v) is 5.87. The normalized spacial score (nSPS) is 18.9. The highest BCUT2D eigenvalue weighted by atomic mass is 16.6. The number of allylic oxidation sites excluding steroid dienone is 1. The number of esters is 1. The molecule has 3 rings (SSSR count). The number of nitrogens with zero attached hydrogens (tertiary/aromatic N) is 1. The van der Waals surface area contributed by atoms with Crippen molar-refractivity contribution in [3.63, 3.8) is 0 Å². The lowest BCUT2D eigenvalue weighted by Gasteiger charge is -2.29. The van der Waals surface area contributed by atoms with Crippen LogP contribution in [-0.2, 0) is 25.5 Å². The minimum atomic E-state index is -0.877. The van der Waals surface area contributed by atoms with Gasteiger partial charge in [0.25, 0.3) is 0 Å². The summed E-state index contributed by atoms with van der Waals surface area (Å²) in [5.74, 6) is -0.836. The molecule has 0 radical (unpaired) electrons. The lowest BCUT2D eigenvalue weighted by atomic mass is 10.00. The van der Waals surface area contributed by atoms with E-state index in [1.165, 1.54) is 12.0 Å². The summed E-state index contributed by atoms with van der Waals surface area (Å²) in [5, 5.41) is 4.97. The molecule has 34 heavy (non-hydrogen) atoms. The van der Waals surface area contributed by atoms with E-state index in [0.29, 0.717) is 19.4 Å². The zero-order chi connectivity index (χ0) is 24.9. The van der Waals surface area contributed by atoms with Gasteiger partial charge in [0.15, 0.2) is 0 Å². The van der Waals surface area contributed by atoms with Gasteiger partial charge in [0.2, 0.25) is 5.91 Å². The van der Waals surface area contributed by atoms with E-state index >= 15 is 0 Å². The Bertz CT molecular complexity index is 1060. The molecule has 2 amide bonds. The quantitative estimate of drug-likeness (QED) is 0.487. The van der Waals surface area contributed by atoms with Crippen LogP contribution in [-0.4, -0.2) is 54.2 Å². The first-order valence-corrected chi connectivity index (χ1v) is 11.6. The van der Waals surface area contributed by atoms with Crippen LogP contribution in [0.4, 0.5) is 4.79 Å². The summed E-state index contributed by atoms with van der Waals surface area (Å²) in [6.45, 7) is 9.53. The second-order valence-electron chi connectivity index (χ2n) is 9.74. The minimum Gasteiger partial charge on any atom is -0.467 e. The number of nitrogens with one attached hydrogen (secondary N) is 1. The molecule has 0 bridgehead atoms.